The number of benzene rings is 3. The molecule has 2 atom stereocenters. The highest BCUT2D eigenvalue weighted by atomic mass is 19.1. The van der Waals surface area contributed by atoms with Crippen LogP contribution in [-0.4, -0.2) is 5.84 Å². The zero-order chi connectivity index (χ0) is 19.5. The molecule has 0 aromatic heterocycles. The fraction of sp³-hybridized carbons (Fsp3) is 0.174. The van der Waals surface area contributed by atoms with Gasteiger partial charge < -0.3 is 5.32 Å². The van der Waals surface area contributed by atoms with E-state index in [0.29, 0.717) is 29.8 Å². The number of hydrogen-bond acceptors (Lipinski definition) is 2. The smallest absolute Gasteiger partial charge is 0.126 e. The number of hydrogen-bond donors (Lipinski definition) is 1. The second kappa shape index (κ2) is 7.89. The third-order valence-corrected chi connectivity index (χ3v) is 4.92. The summed E-state index contributed by atoms with van der Waals surface area (Å²) >= 11 is 0. The van der Waals surface area contributed by atoms with Gasteiger partial charge in [-0.1, -0.05) is 42.5 Å². The Morgan fingerprint density at radius 2 is 1.43 bits per heavy atom. The lowest BCUT2D eigenvalue weighted by molar-refractivity contribution is 0.554. The average Bonchev–Trinajstić information content (AvgIpc) is 3.12. The van der Waals surface area contributed by atoms with Crippen molar-refractivity contribution < 1.29 is 13.2 Å². The fourth-order valence-electron chi connectivity index (χ4n) is 3.55. The Morgan fingerprint density at radius 3 is 2.14 bits per heavy atom. The van der Waals surface area contributed by atoms with Crippen molar-refractivity contribution in [2.75, 3.05) is 0 Å². The summed E-state index contributed by atoms with van der Waals surface area (Å²) in [6.45, 7) is 0. The summed E-state index contributed by atoms with van der Waals surface area (Å²) < 4.78 is 41.4. The van der Waals surface area contributed by atoms with Crippen molar-refractivity contribution in [3.05, 3.63) is 107 Å². The number of rotatable bonds is 5. The molecule has 0 spiro atoms. The first kappa shape index (κ1) is 18.3. The molecule has 0 aliphatic carbocycles. The van der Waals surface area contributed by atoms with E-state index in [1.165, 1.54) is 30.3 Å². The third-order valence-electron chi connectivity index (χ3n) is 4.92. The van der Waals surface area contributed by atoms with E-state index in [1.807, 2.05) is 12.1 Å². The van der Waals surface area contributed by atoms with Crippen molar-refractivity contribution in [1.82, 2.24) is 5.32 Å². The Morgan fingerprint density at radius 1 is 0.750 bits per heavy atom. The van der Waals surface area contributed by atoms with E-state index in [-0.39, 0.29) is 29.5 Å². The quantitative estimate of drug-likeness (QED) is 0.619. The standard InChI is InChI=1S/C23H19F3N2/c24-18-8-3-6-16(13-18)22-23(17-7-4-9-19(25)14-17)28-21(27-22)12-11-15-5-1-2-10-20(15)26/h1-10,13-14,22-23H,11-12H2,(H,27,28). The van der Waals surface area contributed by atoms with Gasteiger partial charge in [-0.15, -0.1) is 0 Å². The van der Waals surface area contributed by atoms with Crippen LogP contribution < -0.4 is 5.32 Å². The highest BCUT2D eigenvalue weighted by molar-refractivity contribution is 5.85. The molecule has 142 valence electrons. The fourth-order valence-corrected chi connectivity index (χ4v) is 3.55. The molecule has 28 heavy (non-hydrogen) atoms. The molecule has 1 aliphatic rings. The number of aliphatic imine (C=N–C) groups is 1. The molecule has 4 rings (SSSR count). The van der Waals surface area contributed by atoms with Crippen LogP contribution in [0.4, 0.5) is 13.2 Å². The Balaban J connectivity index is 1.61. The van der Waals surface area contributed by atoms with Gasteiger partial charge in [0.2, 0.25) is 0 Å². The van der Waals surface area contributed by atoms with Crippen LogP contribution in [0.3, 0.4) is 0 Å². The van der Waals surface area contributed by atoms with E-state index < -0.39 is 0 Å². The molecule has 0 radical (unpaired) electrons. The summed E-state index contributed by atoms with van der Waals surface area (Å²) in [4.78, 5) is 4.73. The van der Waals surface area contributed by atoms with Crippen LogP contribution in [-0.2, 0) is 6.42 Å². The normalized spacial score (nSPS) is 18.6. The van der Waals surface area contributed by atoms with E-state index in [4.69, 9.17) is 4.99 Å². The van der Waals surface area contributed by atoms with Gasteiger partial charge in [0.25, 0.3) is 0 Å². The minimum atomic E-state index is -0.381. The minimum Gasteiger partial charge on any atom is -0.364 e. The monoisotopic (exact) mass is 380 g/mol. The van der Waals surface area contributed by atoms with Gasteiger partial charge in [-0.2, -0.15) is 0 Å². The SMILES string of the molecule is Fc1cccc(C2N=C(CCc3ccccc3F)NC2c2cccc(F)c2)c1. The van der Waals surface area contributed by atoms with Crippen molar-refractivity contribution in [3.8, 4) is 0 Å². The summed E-state index contributed by atoms with van der Waals surface area (Å²) in [5, 5.41) is 3.33. The number of nitrogens with zero attached hydrogens (tertiary/aromatic N) is 1. The molecule has 0 saturated heterocycles. The summed E-state index contributed by atoms with van der Waals surface area (Å²) in [7, 11) is 0. The largest absolute Gasteiger partial charge is 0.364 e. The van der Waals surface area contributed by atoms with E-state index in [2.05, 4.69) is 5.32 Å². The van der Waals surface area contributed by atoms with Gasteiger partial charge >= 0.3 is 0 Å². The van der Waals surface area contributed by atoms with Gasteiger partial charge in [0.1, 0.15) is 23.5 Å². The summed E-state index contributed by atoms with van der Waals surface area (Å²) in [6, 6.07) is 18.5. The average molecular weight is 380 g/mol. The maximum absolute atomic E-state index is 13.9. The zero-order valence-corrected chi connectivity index (χ0v) is 15.1. The molecule has 1 heterocycles. The first-order valence-electron chi connectivity index (χ1n) is 9.18. The van der Waals surface area contributed by atoms with Gasteiger partial charge in [-0.25, -0.2) is 13.2 Å². The number of aryl methyl sites for hydroxylation is 1. The predicted octanol–water partition coefficient (Wildman–Crippen LogP) is 5.52. The molecule has 0 amide bonds. The van der Waals surface area contributed by atoms with Crippen molar-refractivity contribution in [3.63, 3.8) is 0 Å². The predicted molar refractivity (Wildman–Crippen MR) is 104 cm³/mol. The highest BCUT2D eigenvalue weighted by Gasteiger charge is 2.31. The number of nitrogens with one attached hydrogen (secondary N) is 1. The molecule has 0 bridgehead atoms. The molecule has 0 fully saturated rings. The minimum absolute atomic E-state index is 0.246. The molecule has 2 nitrogen and oxygen atoms in total. The maximum Gasteiger partial charge on any atom is 0.126 e. The molecule has 0 saturated carbocycles. The molecular weight excluding hydrogens is 361 g/mol. The topological polar surface area (TPSA) is 24.4 Å². The van der Waals surface area contributed by atoms with Gasteiger partial charge in [0.15, 0.2) is 0 Å². The van der Waals surface area contributed by atoms with Crippen molar-refractivity contribution in [1.29, 1.82) is 0 Å². The molecule has 1 aliphatic heterocycles. The van der Waals surface area contributed by atoms with E-state index in [1.54, 1.807) is 30.3 Å². The lowest BCUT2D eigenvalue weighted by Crippen LogP contribution is -2.25. The zero-order valence-electron chi connectivity index (χ0n) is 15.1. The van der Waals surface area contributed by atoms with Crippen LogP contribution in [0.25, 0.3) is 0 Å². The first-order chi connectivity index (χ1) is 13.6. The van der Waals surface area contributed by atoms with Gasteiger partial charge in [-0.05, 0) is 53.4 Å². The Hall–Kier alpha value is -3.08. The van der Waals surface area contributed by atoms with Gasteiger partial charge in [-0.3, -0.25) is 4.99 Å². The molecule has 3 aromatic rings. The van der Waals surface area contributed by atoms with E-state index >= 15 is 0 Å². The van der Waals surface area contributed by atoms with Crippen LogP contribution >= 0.6 is 0 Å². The highest BCUT2D eigenvalue weighted by Crippen LogP contribution is 2.37. The molecule has 2 unspecified atom stereocenters. The maximum atomic E-state index is 13.9. The molecule has 3 aromatic carbocycles. The summed E-state index contributed by atoms with van der Waals surface area (Å²) in [6.07, 6.45) is 1.00. The van der Waals surface area contributed by atoms with Gasteiger partial charge in [0, 0.05) is 6.42 Å². The first-order valence-corrected chi connectivity index (χ1v) is 9.18. The number of halogens is 3. The molecular formula is C23H19F3N2. The van der Waals surface area contributed by atoms with E-state index in [0.717, 1.165) is 5.56 Å². The van der Waals surface area contributed by atoms with Crippen LogP contribution in [0.5, 0.6) is 0 Å². The summed E-state index contributed by atoms with van der Waals surface area (Å²) in [5.41, 5.74) is 2.06. The van der Waals surface area contributed by atoms with Crippen molar-refractivity contribution in [2.24, 2.45) is 4.99 Å². The van der Waals surface area contributed by atoms with Crippen LogP contribution in [0.2, 0.25) is 0 Å². The second-order valence-electron chi connectivity index (χ2n) is 6.84. The Labute approximate surface area is 161 Å². The van der Waals surface area contributed by atoms with Crippen LogP contribution in [0.15, 0.2) is 77.8 Å². The Bertz CT molecular complexity index is 1020. The summed E-state index contributed by atoms with van der Waals surface area (Å²) in [5.74, 6) is -0.223. The number of amidine groups is 1. The van der Waals surface area contributed by atoms with Gasteiger partial charge in [0.05, 0.1) is 11.9 Å². The lowest BCUT2D eigenvalue weighted by atomic mass is 9.95. The second-order valence-corrected chi connectivity index (χ2v) is 6.84. The van der Waals surface area contributed by atoms with Crippen LogP contribution in [0.1, 0.15) is 35.2 Å². The van der Waals surface area contributed by atoms with Crippen molar-refractivity contribution in [2.45, 2.75) is 24.9 Å². The lowest BCUT2D eigenvalue weighted by Gasteiger charge is -2.20. The third kappa shape index (κ3) is 3.93. The molecule has 1 N–H and O–H groups in total. The Kier molecular flexibility index (Phi) is 5.15. The molecule has 5 heteroatoms. The van der Waals surface area contributed by atoms with Crippen molar-refractivity contribution >= 4 is 5.84 Å². The van der Waals surface area contributed by atoms with E-state index in [9.17, 15) is 13.2 Å². The van der Waals surface area contributed by atoms with Crippen LogP contribution in [0, 0.1) is 17.5 Å².